The Morgan fingerprint density at radius 1 is 1.28 bits per heavy atom. The molecule has 0 aliphatic heterocycles. The summed E-state index contributed by atoms with van der Waals surface area (Å²) in [7, 11) is 5.49. The Morgan fingerprint density at radius 3 is 2.39 bits per heavy atom. The standard InChI is InChI=1S/C10H18N8/c1-7(5-6-11)18(4)10-14-8(16-12)13-9(15-10)17(2)3/h7H,5,12H2,1-4H3,(H,13,14,15,16). The Kier molecular flexibility index (Phi) is 4.62. The van der Waals surface area contributed by atoms with Gasteiger partial charge in [0.2, 0.25) is 17.8 Å². The Balaban J connectivity index is 3.08. The summed E-state index contributed by atoms with van der Waals surface area (Å²) in [6, 6.07) is 2.13. The van der Waals surface area contributed by atoms with Gasteiger partial charge in [-0.25, -0.2) is 5.84 Å². The first kappa shape index (κ1) is 13.9. The van der Waals surface area contributed by atoms with Crippen LogP contribution in [0.4, 0.5) is 17.8 Å². The van der Waals surface area contributed by atoms with E-state index < -0.39 is 0 Å². The maximum absolute atomic E-state index is 8.71. The number of nitrogens with zero attached hydrogens (tertiary/aromatic N) is 6. The number of rotatable bonds is 5. The smallest absolute Gasteiger partial charge is 0.243 e. The minimum Gasteiger partial charge on any atom is -0.347 e. The Labute approximate surface area is 106 Å². The Bertz CT molecular complexity index is 438. The molecule has 0 saturated carbocycles. The molecule has 0 bridgehead atoms. The molecule has 8 heteroatoms. The molecule has 1 heterocycles. The zero-order valence-electron chi connectivity index (χ0n) is 11.0. The normalized spacial score (nSPS) is 11.6. The first-order valence-corrected chi connectivity index (χ1v) is 5.49. The number of nitrogens with two attached hydrogens (primary N) is 1. The van der Waals surface area contributed by atoms with Gasteiger partial charge in [-0.2, -0.15) is 20.2 Å². The highest BCUT2D eigenvalue weighted by molar-refractivity contribution is 5.44. The van der Waals surface area contributed by atoms with E-state index in [-0.39, 0.29) is 6.04 Å². The van der Waals surface area contributed by atoms with Gasteiger partial charge in [0.05, 0.1) is 12.5 Å². The molecule has 1 aromatic rings. The van der Waals surface area contributed by atoms with Crippen LogP contribution in [-0.2, 0) is 0 Å². The van der Waals surface area contributed by atoms with Crippen LogP contribution < -0.4 is 21.1 Å². The molecule has 0 fully saturated rings. The highest BCUT2D eigenvalue weighted by Crippen LogP contribution is 2.16. The summed E-state index contributed by atoms with van der Waals surface area (Å²) in [6.45, 7) is 1.93. The van der Waals surface area contributed by atoms with Crippen LogP contribution in [0.15, 0.2) is 0 Å². The topological polar surface area (TPSA) is 107 Å². The highest BCUT2D eigenvalue weighted by Gasteiger charge is 2.15. The van der Waals surface area contributed by atoms with Crippen LogP contribution >= 0.6 is 0 Å². The number of hydrogen-bond donors (Lipinski definition) is 2. The van der Waals surface area contributed by atoms with Crippen molar-refractivity contribution in [2.24, 2.45) is 5.84 Å². The molecule has 0 spiro atoms. The fourth-order valence-corrected chi connectivity index (χ4v) is 1.24. The number of anilines is 3. The lowest BCUT2D eigenvalue weighted by atomic mass is 10.2. The van der Waals surface area contributed by atoms with Gasteiger partial charge in [-0.05, 0) is 6.92 Å². The van der Waals surface area contributed by atoms with Gasteiger partial charge in [-0.3, -0.25) is 5.43 Å². The van der Waals surface area contributed by atoms with Crippen molar-refractivity contribution in [3.8, 4) is 6.07 Å². The second-order valence-electron chi connectivity index (χ2n) is 4.12. The molecule has 0 saturated heterocycles. The van der Waals surface area contributed by atoms with E-state index >= 15 is 0 Å². The second-order valence-corrected chi connectivity index (χ2v) is 4.12. The van der Waals surface area contributed by atoms with Gasteiger partial charge < -0.3 is 9.80 Å². The third-order valence-corrected chi connectivity index (χ3v) is 2.50. The molecular formula is C10H18N8. The van der Waals surface area contributed by atoms with Gasteiger partial charge in [-0.15, -0.1) is 0 Å². The van der Waals surface area contributed by atoms with Gasteiger partial charge in [-0.1, -0.05) is 0 Å². The maximum Gasteiger partial charge on any atom is 0.243 e. The fourth-order valence-electron chi connectivity index (χ4n) is 1.24. The Morgan fingerprint density at radius 2 is 1.89 bits per heavy atom. The van der Waals surface area contributed by atoms with Crippen LogP contribution in [0.5, 0.6) is 0 Å². The van der Waals surface area contributed by atoms with E-state index in [9.17, 15) is 0 Å². The van der Waals surface area contributed by atoms with Crippen molar-refractivity contribution in [3.05, 3.63) is 0 Å². The summed E-state index contributed by atoms with van der Waals surface area (Å²) < 4.78 is 0. The number of nitrogens with one attached hydrogen (secondary N) is 1. The molecule has 0 aliphatic rings. The van der Waals surface area contributed by atoms with Crippen molar-refractivity contribution in [1.29, 1.82) is 5.26 Å². The monoisotopic (exact) mass is 250 g/mol. The summed E-state index contributed by atoms with van der Waals surface area (Å²) in [5.74, 6) is 6.60. The molecule has 98 valence electrons. The van der Waals surface area contributed by atoms with Gasteiger partial charge in [0.1, 0.15) is 0 Å². The van der Waals surface area contributed by atoms with E-state index in [1.165, 1.54) is 0 Å². The predicted octanol–water partition coefficient (Wildman–Crippen LogP) is -0.0384. The Hall–Kier alpha value is -2.14. The maximum atomic E-state index is 8.71. The molecule has 0 amide bonds. The number of nitrogen functional groups attached to an aromatic ring is 1. The first-order valence-electron chi connectivity index (χ1n) is 5.49. The largest absolute Gasteiger partial charge is 0.347 e. The summed E-state index contributed by atoms with van der Waals surface area (Å²) >= 11 is 0. The molecule has 1 unspecified atom stereocenters. The van der Waals surface area contributed by atoms with Crippen molar-refractivity contribution >= 4 is 17.8 Å². The molecule has 1 aromatic heterocycles. The van der Waals surface area contributed by atoms with Crippen LogP contribution in [0.2, 0.25) is 0 Å². The number of hydrogen-bond acceptors (Lipinski definition) is 8. The summed E-state index contributed by atoms with van der Waals surface area (Å²) in [6.07, 6.45) is 0.394. The fraction of sp³-hybridized carbons (Fsp3) is 0.600. The first-order chi connectivity index (χ1) is 8.49. The van der Waals surface area contributed by atoms with Crippen molar-refractivity contribution in [1.82, 2.24) is 15.0 Å². The zero-order chi connectivity index (χ0) is 13.7. The average Bonchev–Trinajstić information content (AvgIpc) is 2.37. The van der Waals surface area contributed by atoms with E-state index in [2.05, 4.69) is 26.4 Å². The molecule has 8 nitrogen and oxygen atoms in total. The van der Waals surface area contributed by atoms with Crippen LogP contribution in [0.25, 0.3) is 0 Å². The minimum absolute atomic E-state index is 0.0121. The van der Waals surface area contributed by atoms with E-state index in [4.69, 9.17) is 11.1 Å². The van der Waals surface area contributed by atoms with Crippen molar-refractivity contribution in [2.45, 2.75) is 19.4 Å². The average molecular weight is 250 g/mol. The van der Waals surface area contributed by atoms with Crippen LogP contribution in [0.3, 0.4) is 0 Å². The number of aromatic nitrogens is 3. The highest BCUT2D eigenvalue weighted by atomic mass is 15.4. The van der Waals surface area contributed by atoms with E-state index in [0.717, 1.165) is 0 Å². The number of nitriles is 1. The molecular weight excluding hydrogens is 232 g/mol. The molecule has 1 atom stereocenters. The lowest BCUT2D eigenvalue weighted by molar-refractivity contribution is 0.680. The molecule has 1 rings (SSSR count). The van der Waals surface area contributed by atoms with Crippen molar-refractivity contribution < 1.29 is 0 Å². The lowest BCUT2D eigenvalue weighted by Gasteiger charge is -2.24. The summed E-state index contributed by atoms with van der Waals surface area (Å²) in [4.78, 5) is 16.2. The molecule has 0 aliphatic carbocycles. The molecule has 3 N–H and O–H groups in total. The third kappa shape index (κ3) is 3.18. The summed E-state index contributed by atoms with van der Waals surface area (Å²) in [5.41, 5.74) is 2.41. The third-order valence-electron chi connectivity index (χ3n) is 2.50. The number of hydrazine groups is 1. The minimum atomic E-state index is 0.0121. The van der Waals surface area contributed by atoms with Gasteiger partial charge in [0, 0.05) is 27.2 Å². The van der Waals surface area contributed by atoms with E-state index in [1.54, 1.807) is 4.90 Å². The summed E-state index contributed by atoms with van der Waals surface area (Å²) in [5, 5.41) is 8.71. The van der Waals surface area contributed by atoms with Gasteiger partial charge >= 0.3 is 0 Å². The van der Waals surface area contributed by atoms with Gasteiger partial charge in [0.15, 0.2) is 0 Å². The van der Waals surface area contributed by atoms with Crippen molar-refractivity contribution in [2.75, 3.05) is 36.4 Å². The SMILES string of the molecule is CC(CC#N)N(C)c1nc(NN)nc(N(C)C)n1. The van der Waals surface area contributed by atoms with Crippen LogP contribution in [0.1, 0.15) is 13.3 Å². The second kappa shape index (κ2) is 5.97. The predicted molar refractivity (Wildman–Crippen MR) is 70.1 cm³/mol. The molecule has 0 aromatic carbocycles. The van der Waals surface area contributed by atoms with E-state index in [0.29, 0.717) is 24.3 Å². The van der Waals surface area contributed by atoms with Crippen LogP contribution in [-0.4, -0.2) is 42.1 Å². The van der Waals surface area contributed by atoms with Crippen LogP contribution in [0, 0.1) is 11.3 Å². The quantitative estimate of drug-likeness (QED) is 0.554. The molecule has 18 heavy (non-hydrogen) atoms. The zero-order valence-corrected chi connectivity index (χ0v) is 11.0. The lowest BCUT2D eigenvalue weighted by Crippen LogP contribution is -2.31. The van der Waals surface area contributed by atoms with E-state index in [1.807, 2.05) is 33.0 Å². The van der Waals surface area contributed by atoms with Gasteiger partial charge in [0.25, 0.3) is 0 Å². The van der Waals surface area contributed by atoms with Crippen molar-refractivity contribution in [3.63, 3.8) is 0 Å². The molecule has 0 radical (unpaired) electrons.